The summed E-state index contributed by atoms with van der Waals surface area (Å²) in [5, 5.41) is 3.57. The highest BCUT2D eigenvalue weighted by molar-refractivity contribution is 8.00. The molecule has 170 valence electrons. The molecule has 0 saturated carbocycles. The molecule has 0 spiro atoms. The molecule has 0 radical (unpaired) electrons. The number of carbonyl (C=O) groups excluding carboxylic acids is 2. The molecule has 34 heavy (non-hydrogen) atoms. The van der Waals surface area contributed by atoms with Gasteiger partial charge in [0.2, 0.25) is 11.8 Å². The zero-order chi connectivity index (χ0) is 23.8. The van der Waals surface area contributed by atoms with Crippen molar-refractivity contribution in [3.8, 4) is 0 Å². The molecule has 0 aliphatic heterocycles. The Morgan fingerprint density at radius 1 is 0.765 bits per heavy atom. The van der Waals surface area contributed by atoms with Crippen molar-refractivity contribution in [2.24, 2.45) is 0 Å². The first-order valence-corrected chi connectivity index (χ1v) is 12.1. The highest BCUT2D eigenvalue weighted by Crippen LogP contribution is 2.28. The van der Waals surface area contributed by atoms with Crippen LogP contribution >= 0.6 is 23.4 Å². The van der Waals surface area contributed by atoms with Gasteiger partial charge >= 0.3 is 0 Å². The number of benzene rings is 4. The van der Waals surface area contributed by atoms with Crippen molar-refractivity contribution in [3.63, 3.8) is 0 Å². The predicted octanol–water partition coefficient (Wildman–Crippen LogP) is 6.98. The molecule has 0 unspecified atom stereocenters. The van der Waals surface area contributed by atoms with E-state index < -0.39 is 0 Å². The number of nitrogens with zero attached hydrogens (tertiary/aromatic N) is 1. The number of thioether (sulfide) groups is 1. The Balaban J connectivity index is 1.40. The molecule has 0 heterocycles. The molecule has 1 N–H and O–H groups in total. The van der Waals surface area contributed by atoms with Gasteiger partial charge in [-0.25, -0.2) is 0 Å². The summed E-state index contributed by atoms with van der Waals surface area (Å²) in [4.78, 5) is 28.3. The van der Waals surface area contributed by atoms with Gasteiger partial charge in [0, 0.05) is 27.0 Å². The van der Waals surface area contributed by atoms with E-state index in [0.29, 0.717) is 10.7 Å². The van der Waals surface area contributed by atoms with Crippen LogP contribution in [0.2, 0.25) is 5.02 Å². The van der Waals surface area contributed by atoms with Crippen LogP contribution in [-0.2, 0) is 16.0 Å². The summed E-state index contributed by atoms with van der Waals surface area (Å²) in [5.41, 5.74) is 3.23. The molecule has 0 aliphatic rings. The van der Waals surface area contributed by atoms with Gasteiger partial charge in [0.15, 0.2) is 0 Å². The van der Waals surface area contributed by atoms with E-state index >= 15 is 0 Å². The first-order chi connectivity index (χ1) is 16.6. The van der Waals surface area contributed by atoms with Crippen molar-refractivity contribution < 1.29 is 9.59 Å². The monoisotopic (exact) mass is 486 g/mol. The third-order valence-electron chi connectivity index (χ3n) is 5.04. The standard InChI is InChI=1S/C28H23ClN2O2S/c29-22-16-14-21(15-17-22)18-27(32)30-23-8-7-13-26(19-23)34-20-28(33)31(24-9-3-1-4-10-24)25-11-5-2-6-12-25/h1-17,19H,18,20H2,(H,30,32). The maximum absolute atomic E-state index is 13.2. The van der Waals surface area contributed by atoms with Crippen LogP contribution in [0.3, 0.4) is 0 Å². The normalized spacial score (nSPS) is 10.5. The van der Waals surface area contributed by atoms with Gasteiger partial charge in [0.1, 0.15) is 0 Å². The van der Waals surface area contributed by atoms with Crippen LogP contribution in [0.4, 0.5) is 17.1 Å². The number of anilines is 3. The van der Waals surface area contributed by atoms with Crippen molar-refractivity contribution in [1.29, 1.82) is 0 Å². The molecular formula is C28H23ClN2O2S. The van der Waals surface area contributed by atoms with Crippen LogP contribution in [-0.4, -0.2) is 17.6 Å². The zero-order valence-electron chi connectivity index (χ0n) is 18.4. The van der Waals surface area contributed by atoms with Crippen molar-refractivity contribution >= 4 is 52.2 Å². The fourth-order valence-corrected chi connectivity index (χ4v) is 4.39. The van der Waals surface area contributed by atoms with Crippen molar-refractivity contribution in [2.75, 3.05) is 16.0 Å². The lowest BCUT2D eigenvalue weighted by Crippen LogP contribution is -2.27. The Labute approximate surface area is 208 Å². The summed E-state index contributed by atoms with van der Waals surface area (Å²) in [6, 6.07) is 34.0. The van der Waals surface area contributed by atoms with Crippen molar-refractivity contribution in [2.45, 2.75) is 11.3 Å². The Morgan fingerprint density at radius 2 is 1.38 bits per heavy atom. The molecule has 4 aromatic carbocycles. The molecule has 0 bridgehead atoms. The summed E-state index contributed by atoms with van der Waals surface area (Å²) in [6.07, 6.45) is 0.260. The minimum atomic E-state index is -0.111. The summed E-state index contributed by atoms with van der Waals surface area (Å²) in [5.74, 6) is 0.117. The number of amides is 2. The van der Waals surface area contributed by atoms with Crippen LogP contribution in [0.1, 0.15) is 5.56 Å². The van der Waals surface area contributed by atoms with E-state index in [-0.39, 0.29) is 24.0 Å². The second-order valence-corrected chi connectivity index (χ2v) is 9.05. The Kier molecular flexibility index (Phi) is 8.02. The maximum atomic E-state index is 13.2. The highest BCUT2D eigenvalue weighted by Gasteiger charge is 2.18. The Bertz CT molecular complexity index is 1210. The fourth-order valence-electron chi connectivity index (χ4n) is 3.46. The second kappa shape index (κ2) is 11.5. The number of hydrogen-bond donors (Lipinski definition) is 1. The molecule has 0 fully saturated rings. The first-order valence-electron chi connectivity index (χ1n) is 10.8. The molecule has 0 atom stereocenters. The maximum Gasteiger partial charge on any atom is 0.241 e. The van der Waals surface area contributed by atoms with Crippen molar-refractivity contribution in [3.05, 3.63) is 120 Å². The average Bonchev–Trinajstić information content (AvgIpc) is 2.86. The van der Waals surface area contributed by atoms with Gasteiger partial charge in [-0.1, -0.05) is 66.2 Å². The predicted molar refractivity (Wildman–Crippen MR) is 141 cm³/mol. The number of nitrogens with one attached hydrogen (secondary N) is 1. The van der Waals surface area contributed by atoms with E-state index in [4.69, 9.17) is 11.6 Å². The molecule has 2 amide bonds. The number of hydrogen-bond acceptors (Lipinski definition) is 3. The summed E-state index contributed by atoms with van der Waals surface area (Å²) < 4.78 is 0. The first kappa shape index (κ1) is 23.6. The van der Waals surface area contributed by atoms with Crippen LogP contribution in [0, 0.1) is 0 Å². The third-order valence-corrected chi connectivity index (χ3v) is 6.27. The van der Waals surface area contributed by atoms with Gasteiger partial charge < -0.3 is 5.32 Å². The number of para-hydroxylation sites is 2. The summed E-state index contributed by atoms with van der Waals surface area (Å²) >= 11 is 7.34. The molecule has 6 heteroatoms. The topological polar surface area (TPSA) is 49.4 Å². The largest absolute Gasteiger partial charge is 0.326 e. The van der Waals surface area contributed by atoms with Gasteiger partial charge in [0.25, 0.3) is 0 Å². The average molecular weight is 487 g/mol. The van der Waals surface area contributed by atoms with Crippen LogP contribution in [0.5, 0.6) is 0 Å². The lowest BCUT2D eigenvalue weighted by atomic mass is 10.1. The fraction of sp³-hybridized carbons (Fsp3) is 0.0714. The lowest BCUT2D eigenvalue weighted by Gasteiger charge is -2.23. The van der Waals surface area contributed by atoms with Crippen molar-refractivity contribution in [1.82, 2.24) is 0 Å². The molecule has 0 aromatic heterocycles. The van der Waals surface area contributed by atoms with Gasteiger partial charge in [-0.05, 0) is 60.2 Å². The molecule has 4 aromatic rings. The van der Waals surface area contributed by atoms with Gasteiger partial charge in [-0.15, -0.1) is 11.8 Å². The van der Waals surface area contributed by atoms with E-state index in [1.165, 1.54) is 11.8 Å². The Hall–Kier alpha value is -3.54. The van der Waals surface area contributed by atoms with E-state index in [0.717, 1.165) is 21.8 Å². The Morgan fingerprint density at radius 3 is 2.00 bits per heavy atom. The van der Waals surface area contributed by atoms with E-state index in [2.05, 4.69) is 5.32 Å². The molecular weight excluding hydrogens is 464 g/mol. The third kappa shape index (κ3) is 6.50. The summed E-state index contributed by atoms with van der Waals surface area (Å²) in [6.45, 7) is 0. The minimum absolute atomic E-state index is 0.0282. The van der Waals surface area contributed by atoms with Crippen LogP contribution in [0.15, 0.2) is 114 Å². The molecule has 4 nitrogen and oxygen atoms in total. The van der Waals surface area contributed by atoms with Gasteiger partial charge in [-0.2, -0.15) is 0 Å². The van der Waals surface area contributed by atoms with E-state index in [1.807, 2.05) is 97.1 Å². The molecule has 0 aliphatic carbocycles. The SMILES string of the molecule is O=C(Cc1ccc(Cl)cc1)Nc1cccc(SCC(=O)N(c2ccccc2)c2ccccc2)c1. The quantitative estimate of drug-likeness (QED) is 0.273. The number of carbonyl (C=O) groups is 2. The van der Waals surface area contributed by atoms with E-state index in [9.17, 15) is 9.59 Å². The highest BCUT2D eigenvalue weighted by atomic mass is 35.5. The van der Waals surface area contributed by atoms with E-state index in [1.54, 1.807) is 17.0 Å². The molecule has 0 saturated heterocycles. The number of halogens is 1. The summed E-state index contributed by atoms with van der Waals surface area (Å²) in [7, 11) is 0. The lowest BCUT2D eigenvalue weighted by molar-refractivity contribution is -0.116. The zero-order valence-corrected chi connectivity index (χ0v) is 19.9. The van der Waals surface area contributed by atoms with Crippen LogP contribution < -0.4 is 10.2 Å². The van der Waals surface area contributed by atoms with Gasteiger partial charge in [0.05, 0.1) is 12.2 Å². The minimum Gasteiger partial charge on any atom is -0.326 e. The molecule has 4 rings (SSSR count). The smallest absolute Gasteiger partial charge is 0.241 e. The number of rotatable bonds is 8. The van der Waals surface area contributed by atoms with Gasteiger partial charge in [-0.3, -0.25) is 14.5 Å². The van der Waals surface area contributed by atoms with Crippen LogP contribution in [0.25, 0.3) is 0 Å². The second-order valence-electron chi connectivity index (χ2n) is 7.57.